The van der Waals surface area contributed by atoms with Gasteiger partial charge < -0.3 is 0 Å². The molecular formula is C34H57P. The first-order chi connectivity index (χ1) is 17.3. The van der Waals surface area contributed by atoms with Crippen molar-refractivity contribution in [3.63, 3.8) is 0 Å². The molecule has 0 aromatic heterocycles. The van der Waals surface area contributed by atoms with Crippen LogP contribution in [0.3, 0.4) is 0 Å². The van der Waals surface area contributed by atoms with Crippen molar-refractivity contribution in [2.45, 2.75) is 167 Å². The van der Waals surface area contributed by atoms with Crippen molar-refractivity contribution < 1.29 is 0 Å². The van der Waals surface area contributed by atoms with Crippen LogP contribution in [-0.4, -0.2) is 11.3 Å². The molecule has 0 N–H and O–H groups in total. The fourth-order valence-corrected chi connectivity index (χ4v) is 12.4. The van der Waals surface area contributed by atoms with E-state index in [1.165, 1.54) is 96.3 Å². The number of hydrogen-bond donors (Lipinski definition) is 0. The third-order valence-electron chi connectivity index (χ3n) is 10.0. The van der Waals surface area contributed by atoms with Gasteiger partial charge in [0.25, 0.3) is 0 Å². The SMILES string of the molecule is CCCCc1ccc(P2C(C3CCCCC3)CCC2C2CCCCC2)c(CCCC)c1CCCC. The zero-order valence-electron chi connectivity index (χ0n) is 23.8. The second-order valence-electron chi connectivity index (χ2n) is 12.4. The van der Waals surface area contributed by atoms with Crippen LogP contribution >= 0.6 is 7.92 Å². The van der Waals surface area contributed by atoms with Gasteiger partial charge in [0.2, 0.25) is 0 Å². The molecule has 1 aromatic rings. The molecule has 2 unspecified atom stereocenters. The summed E-state index contributed by atoms with van der Waals surface area (Å²) in [6.45, 7) is 7.16. The lowest BCUT2D eigenvalue weighted by Crippen LogP contribution is -2.29. The first kappa shape index (κ1) is 27.7. The molecule has 1 saturated heterocycles. The van der Waals surface area contributed by atoms with Gasteiger partial charge in [0, 0.05) is 0 Å². The Kier molecular flexibility index (Phi) is 11.5. The van der Waals surface area contributed by atoms with E-state index in [1.54, 1.807) is 44.1 Å². The maximum Gasteiger partial charge on any atom is -0.0138 e. The van der Waals surface area contributed by atoms with Gasteiger partial charge in [0.05, 0.1) is 0 Å². The highest BCUT2D eigenvalue weighted by Gasteiger charge is 2.44. The Morgan fingerprint density at radius 3 is 1.57 bits per heavy atom. The highest BCUT2D eigenvalue weighted by atomic mass is 31.1. The smallest absolute Gasteiger partial charge is 0.0138 e. The van der Waals surface area contributed by atoms with Crippen molar-refractivity contribution in [3.05, 3.63) is 28.8 Å². The van der Waals surface area contributed by atoms with Crippen molar-refractivity contribution >= 4 is 13.2 Å². The molecule has 3 aliphatic rings. The van der Waals surface area contributed by atoms with E-state index in [4.69, 9.17) is 0 Å². The predicted molar refractivity (Wildman–Crippen MR) is 159 cm³/mol. The predicted octanol–water partition coefficient (Wildman–Crippen LogP) is 10.5. The minimum absolute atomic E-state index is 0.00662. The molecule has 4 rings (SSSR count). The lowest BCUT2D eigenvalue weighted by Gasteiger charge is -2.39. The number of benzene rings is 1. The number of unbranched alkanes of at least 4 members (excludes halogenated alkanes) is 3. The van der Waals surface area contributed by atoms with Crippen LogP contribution in [0.1, 0.15) is 153 Å². The van der Waals surface area contributed by atoms with Crippen LogP contribution < -0.4 is 5.30 Å². The summed E-state index contributed by atoms with van der Waals surface area (Å²) in [4.78, 5) is 0. The third-order valence-corrected chi connectivity index (χ3v) is 13.8. The van der Waals surface area contributed by atoms with Crippen LogP contribution in [0.4, 0.5) is 0 Å². The summed E-state index contributed by atoms with van der Waals surface area (Å²) < 4.78 is 0. The van der Waals surface area contributed by atoms with E-state index in [-0.39, 0.29) is 7.92 Å². The first-order valence-electron chi connectivity index (χ1n) is 16.2. The molecule has 0 nitrogen and oxygen atoms in total. The fourth-order valence-electron chi connectivity index (χ4n) is 8.06. The molecule has 0 amide bonds. The molecule has 1 heteroatoms. The Morgan fingerprint density at radius 2 is 1.06 bits per heavy atom. The molecule has 198 valence electrons. The maximum absolute atomic E-state index is 2.74. The van der Waals surface area contributed by atoms with E-state index >= 15 is 0 Å². The number of rotatable bonds is 12. The lowest BCUT2D eigenvalue weighted by molar-refractivity contribution is 0.332. The summed E-state index contributed by atoms with van der Waals surface area (Å²) in [5, 5.41) is 1.93. The second kappa shape index (κ2) is 14.6. The van der Waals surface area contributed by atoms with Crippen LogP contribution in [-0.2, 0) is 19.3 Å². The fraction of sp³-hybridized carbons (Fsp3) is 0.824. The summed E-state index contributed by atoms with van der Waals surface area (Å²) in [5.74, 6) is 2.09. The average molecular weight is 497 g/mol. The Hall–Kier alpha value is -0.350. The Labute approximate surface area is 220 Å². The molecule has 0 bridgehead atoms. The van der Waals surface area contributed by atoms with Crippen molar-refractivity contribution in [3.8, 4) is 0 Å². The molecular weight excluding hydrogens is 439 g/mol. The summed E-state index contributed by atoms with van der Waals surface area (Å²) in [7, 11) is -0.00662. The van der Waals surface area contributed by atoms with Crippen molar-refractivity contribution in [1.29, 1.82) is 0 Å². The lowest BCUT2D eigenvalue weighted by atomic mass is 9.83. The molecule has 0 radical (unpaired) electrons. The molecule has 2 atom stereocenters. The number of aryl methyl sites for hydroxylation is 1. The van der Waals surface area contributed by atoms with Gasteiger partial charge in [-0.3, -0.25) is 0 Å². The van der Waals surface area contributed by atoms with Crippen LogP contribution in [0.5, 0.6) is 0 Å². The Bertz CT molecular complexity index is 713. The van der Waals surface area contributed by atoms with E-state index in [1.807, 2.05) is 16.4 Å². The van der Waals surface area contributed by atoms with E-state index in [0.717, 1.165) is 23.2 Å². The van der Waals surface area contributed by atoms with E-state index in [9.17, 15) is 0 Å². The molecule has 2 saturated carbocycles. The van der Waals surface area contributed by atoms with E-state index in [2.05, 4.69) is 32.9 Å². The zero-order valence-corrected chi connectivity index (χ0v) is 24.7. The molecule has 1 heterocycles. The van der Waals surface area contributed by atoms with Crippen LogP contribution in [0.2, 0.25) is 0 Å². The Balaban J connectivity index is 1.75. The van der Waals surface area contributed by atoms with Gasteiger partial charge in [-0.1, -0.05) is 98.6 Å². The van der Waals surface area contributed by atoms with Gasteiger partial charge in [-0.25, -0.2) is 0 Å². The largest absolute Gasteiger partial charge is 0.0681 e. The number of hydrogen-bond acceptors (Lipinski definition) is 0. The van der Waals surface area contributed by atoms with Gasteiger partial charge >= 0.3 is 0 Å². The molecule has 0 spiro atoms. The van der Waals surface area contributed by atoms with Crippen LogP contribution in [0.25, 0.3) is 0 Å². The zero-order chi connectivity index (χ0) is 24.5. The molecule has 35 heavy (non-hydrogen) atoms. The van der Waals surface area contributed by atoms with E-state index < -0.39 is 0 Å². The average Bonchev–Trinajstić information content (AvgIpc) is 3.35. The van der Waals surface area contributed by atoms with Gasteiger partial charge in [-0.05, 0) is 122 Å². The minimum atomic E-state index is -0.00662. The quantitative estimate of drug-likeness (QED) is 0.252. The van der Waals surface area contributed by atoms with Gasteiger partial charge in [-0.15, -0.1) is 0 Å². The van der Waals surface area contributed by atoms with Crippen molar-refractivity contribution in [1.82, 2.24) is 0 Å². The van der Waals surface area contributed by atoms with Crippen molar-refractivity contribution in [2.75, 3.05) is 0 Å². The molecule has 1 aromatic carbocycles. The standard InChI is InChI=1S/C34H57P/c1-4-7-16-27-23-24-34(31(22-9-6-3)30(27)21-8-5-2)35-32(28-17-12-10-13-18-28)25-26-33(35)29-19-14-11-15-20-29/h23-24,28-29,32-33H,4-22,25-26H2,1-3H3. The normalized spacial score (nSPS) is 26.4. The molecule has 3 fully saturated rings. The molecule has 1 aliphatic heterocycles. The monoisotopic (exact) mass is 496 g/mol. The van der Waals surface area contributed by atoms with Gasteiger partial charge in [0.1, 0.15) is 0 Å². The summed E-state index contributed by atoms with van der Waals surface area (Å²) in [6.07, 6.45) is 30.5. The van der Waals surface area contributed by atoms with Crippen LogP contribution in [0.15, 0.2) is 12.1 Å². The summed E-state index contributed by atoms with van der Waals surface area (Å²) in [6, 6.07) is 5.40. The maximum atomic E-state index is 2.74. The van der Waals surface area contributed by atoms with Crippen LogP contribution in [0, 0.1) is 11.8 Å². The van der Waals surface area contributed by atoms with Gasteiger partial charge in [0.15, 0.2) is 0 Å². The molecule has 2 aliphatic carbocycles. The minimum Gasteiger partial charge on any atom is -0.0681 e. The van der Waals surface area contributed by atoms with Gasteiger partial charge in [-0.2, -0.15) is 0 Å². The second-order valence-corrected chi connectivity index (χ2v) is 15.1. The summed E-state index contributed by atoms with van der Waals surface area (Å²) in [5.41, 5.74) is 7.54. The summed E-state index contributed by atoms with van der Waals surface area (Å²) >= 11 is 0. The highest BCUT2D eigenvalue weighted by molar-refractivity contribution is 7.67. The Morgan fingerprint density at radius 1 is 0.571 bits per heavy atom. The first-order valence-corrected chi connectivity index (χ1v) is 17.7. The topological polar surface area (TPSA) is 0 Å². The van der Waals surface area contributed by atoms with E-state index in [0.29, 0.717) is 0 Å². The third kappa shape index (κ3) is 6.95. The van der Waals surface area contributed by atoms with Crippen molar-refractivity contribution in [2.24, 2.45) is 11.8 Å². The highest BCUT2D eigenvalue weighted by Crippen LogP contribution is 2.63.